The third-order valence-electron chi connectivity index (χ3n) is 1.06. The molecule has 10 heavy (non-hydrogen) atoms. The summed E-state index contributed by atoms with van der Waals surface area (Å²) in [6, 6.07) is 0. The molecule has 4 heteroatoms. The Hall–Kier alpha value is -0.540. The van der Waals surface area contributed by atoms with Gasteiger partial charge in [0.05, 0.1) is 0 Å². The molecule has 0 aliphatic rings. The molecule has 2 N–H and O–H groups in total. The molecular weight excluding hydrogens is 156 g/mol. The van der Waals surface area contributed by atoms with Gasteiger partial charge in [-0.05, 0) is 6.92 Å². The molecule has 0 spiro atoms. The summed E-state index contributed by atoms with van der Waals surface area (Å²) >= 11 is 5.47. The van der Waals surface area contributed by atoms with Crippen molar-refractivity contribution in [3.8, 4) is 0 Å². The fraction of sp³-hybridized carbons (Fsp3) is 0.500. The standard InChI is InChI=1S/C6H9ClO3/c1-4(6(9)10)5(7)2-3-8/h8H,2-3H2,1H3,(H,9,10). The zero-order valence-corrected chi connectivity index (χ0v) is 6.35. The molecule has 0 saturated heterocycles. The Morgan fingerprint density at radius 1 is 1.60 bits per heavy atom. The van der Waals surface area contributed by atoms with E-state index in [1.807, 2.05) is 0 Å². The molecule has 0 saturated carbocycles. The highest BCUT2D eigenvalue weighted by atomic mass is 35.5. The number of rotatable bonds is 3. The third kappa shape index (κ3) is 2.85. The lowest BCUT2D eigenvalue weighted by molar-refractivity contribution is -0.132. The van der Waals surface area contributed by atoms with Gasteiger partial charge in [0.1, 0.15) is 0 Å². The Morgan fingerprint density at radius 3 is 2.40 bits per heavy atom. The second-order valence-electron chi connectivity index (χ2n) is 1.81. The maximum atomic E-state index is 10.2. The number of aliphatic carboxylic acids is 1. The quantitative estimate of drug-likeness (QED) is 0.611. The Morgan fingerprint density at radius 2 is 2.10 bits per heavy atom. The average molecular weight is 165 g/mol. The van der Waals surface area contributed by atoms with Crippen molar-refractivity contribution in [3.63, 3.8) is 0 Å². The molecule has 58 valence electrons. The molecule has 0 unspecified atom stereocenters. The first kappa shape index (κ1) is 9.46. The van der Waals surface area contributed by atoms with Crippen molar-refractivity contribution in [3.05, 3.63) is 10.6 Å². The maximum Gasteiger partial charge on any atom is 0.332 e. The van der Waals surface area contributed by atoms with E-state index >= 15 is 0 Å². The van der Waals surface area contributed by atoms with E-state index in [2.05, 4.69) is 0 Å². The first-order chi connectivity index (χ1) is 4.59. The van der Waals surface area contributed by atoms with Crippen LogP contribution < -0.4 is 0 Å². The van der Waals surface area contributed by atoms with Crippen LogP contribution in [0.2, 0.25) is 0 Å². The van der Waals surface area contributed by atoms with Gasteiger partial charge in [0, 0.05) is 23.6 Å². The van der Waals surface area contributed by atoms with Gasteiger partial charge < -0.3 is 10.2 Å². The van der Waals surface area contributed by atoms with E-state index < -0.39 is 5.97 Å². The Labute approximate surface area is 63.9 Å². The van der Waals surface area contributed by atoms with Crippen LogP contribution in [0.4, 0.5) is 0 Å². The first-order valence-electron chi connectivity index (χ1n) is 2.79. The molecule has 0 fully saturated rings. The van der Waals surface area contributed by atoms with Crippen molar-refractivity contribution in [2.75, 3.05) is 6.61 Å². The van der Waals surface area contributed by atoms with Crippen LogP contribution in [0.25, 0.3) is 0 Å². The molecule has 3 nitrogen and oxygen atoms in total. The number of hydrogen-bond acceptors (Lipinski definition) is 2. The van der Waals surface area contributed by atoms with Crippen molar-refractivity contribution >= 4 is 17.6 Å². The Bertz CT molecular complexity index is 162. The van der Waals surface area contributed by atoms with Crippen LogP contribution in [0, 0.1) is 0 Å². The SMILES string of the molecule is CC(C(=O)O)=C(Cl)CCO. The highest BCUT2D eigenvalue weighted by Crippen LogP contribution is 2.12. The van der Waals surface area contributed by atoms with Crippen LogP contribution in [-0.4, -0.2) is 22.8 Å². The third-order valence-corrected chi connectivity index (χ3v) is 1.53. The molecule has 0 aliphatic carbocycles. The summed E-state index contributed by atoms with van der Waals surface area (Å²) in [7, 11) is 0. The Balaban J connectivity index is 4.19. The van der Waals surface area contributed by atoms with Crippen LogP contribution in [-0.2, 0) is 4.79 Å². The Kier molecular flexibility index (Phi) is 4.07. The van der Waals surface area contributed by atoms with E-state index in [1.165, 1.54) is 6.92 Å². The minimum Gasteiger partial charge on any atom is -0.478 e. The predicted octanol–water partition coefficient (Wildman–Crippen LogP) is 0.966. The molecule has 0 amide bonds. The summed E-state index contributed by atoms with van der Waals surface area (Å²) in [5.41, 5.74) is 0.0933. The van der Waals surface area contributed by atoms with E-state index in [-0.39, 0.29) is 23.6 Å². The van der Waals surface area contributed by atoms with E-state index in [4.69, 9.17) is 21.8 Å². The van der Waals surface area contributed by atoms with Gasteiger partial charge in [0.2, 0.25) is 0 Å². The summed E-state index contributed by atoms with van der Waals surface area (Å²) in [6.07, 6.45) is 0.208. The van der Waals surface area contributed by atoms with E-state index in [1.54, 1.807) is 0 Å². The van der Waals surface area contributed by atoms with Crippen molar-refractivity contribution < 1.29 is 15.0 Å². The lowest BCUT2D eigenvalue weighted by Gasteiger charge is -1.97. The van der Waals surface area contributed by atoms with Gasteiger partial charge in [-0.25, -0.2) is 4.79 Å². The summed E-state index contributed by atoms with van der Waals surface area (Å²) in [4.78, 5) is 10.2. The summed E-state index contributed by atoms with van der Waals surface area (Å²) in [6.45, 7) is 1.28. The van der Waals surface area contributed by atoms with Gasteiger partial charge in [0.15, 0.2) is 0 Å². The normalized spacial score (nSPS) is 12.7. The van der Waals surface area contributed by atoms with Gasteiger partial charge in [0.25, 0.3) is 0 Å². The number of aliphatic hydroxyl groups excluding tert-OH is 1. The van der Waals surface area contributed by atoms with Gasteiger partial charge in [-0.1, -0.05) is 11.6 Å². The highest BCUT2D eigenvalue weighted by Gasteiger charge is 2.05. The van der Waals surface area contributed by atoms with Crippen molar-refractivity contribution in [1.82, 2.24) is 0 Å². The van der Waals surface area contributed by atoms with Crippen molar-refractivity contribution in [1.29, 1.82) is 0 Å². The van der Waals surface area contributed by atoms with Crippen LogP contribution >= 0.6 is 11.6 Å². The molecular formula is C6H9ClO3. The topological polar surface area (TPSA) is 57.5 Å². The summed E-state index contributed by atoms with van der Waals surface area (Å²) < 4.78 is 0. The fourth-order valence-corrected chi connectivity index (χ4v) is 0.567. The molecule has 0 atom stereocenters. The van der Waals surface area contributed by atoms with Crippen molar-refractivity contribution in [2.45, 2.75) is 13.3 Å². The van der Waals surface area contributed by atoms with Crippen LogP contribution in [0.5, 0.6) is 0 Å². The zero-order chi connectivity index (χ0) is 8.15. The minimum absolute atomic E-state index is 0.0933. The van der Waals surface area contributed by atoms with E-state index in [0.717, 1.165) is 0 Å². The number of halogens is 1. The van der Waals surface area contributed by atoms with Crippen LogP contribution in [0.1, 0.15) is 13.3 Å². The lowest BCUT2D eigenvalue weighted by Crippen LogP contribution is -1.99. The number of carboxylic acids is 1. The molecule has 0 radical (unpaired) electrons. The molecule has 0 aromatic rings. The fourth-order valence-electron chi connectivity index (χ4n) is 0.402. The second kappa shape index (κ2) is 4.30. The van der Waals surface area contributed by atoms with E-state index in [0.29, 0.717) is 0 Å². The largest absolute Gasteiger partial charge is 0.478 e. The summed E-state index contributed by atoms with van der Waals surface area (Å²) in [5.74, 6) is -1.04. The maximum absolute atomic E-state index is 10.2. The molecule has 0 aromatic heterocycles. The summed E-state index contributed by atoms with van der Waals surface area (Å²) in [5, 5.41) is 16.9. The number of carbonyl (C=O) groups is 1. The van der Waals surface area contributed by atoms with Crippen LogP contribution in [0.3, 0.4) is 0 Å². The molecule has 0 heterocycles. The highest BCUT2D eigenvalue weighted by molar-refractivity contribution is 6.31. The van der Waals surface area contributed by atoms with Crippen LogP contribution in [0.15, 0.2) is 10.6 Å². The lowest BCUT2D eigenvalue weighted by atomic mass is 10.2. The zero-order valence-electron chi connectivity index (χ0n) is 5.59. The van der Waals surface area contributed by atoms with Gasteiger partial charge in [-0.15, -0.1) is 0 Å². The number of aliphatic hydroxyl groups is 1. The van der Waals surface area contributed by atoms with Gasteiger partial charge >= 0.3 is 5.97 Å². The molecule has 0 rings (SSSR count). The average Bonchev–Trinajstić information content (AvgIpc) is 1.87. The molecule has 0 aromatic carbocycles. The number of hydrogen-bond donors (Lipinski definition) is 2. The first-order valence-corrected chi connectivity index (χ1v) is 3.16. The predicted molar refractivity (Wildman–Crippen MR) is 37.9 cm³/mol. The van der Waals surface area contributed by atoms with E-state index in [9.17, 15) is 4.79 Å². The monoisotopic (exact) mass is 164 g/mol. The molecule has 0 aliphatic heterocycles. The van der Waals surface area contributed by atoms with Gasteiger partial charge in [-0.2, -0.15) is 0 Å². The van der Waals surface area contributed by atoms with Crippen molar-refractivity contribution in [2.24, 2.45) is 0 Å². The van der Waals surface area contributed by atoms with Gasteiger partial charge in [-0.3, -0.25) is 0 Å². The minimum atomic E-state index is -1.04. The number of carboxylic acid groups (broad SMARTS) is 1. The second-order valence-corrected chi connectivity index (χ2v) is 2.26. The smallest absolute Gasteiger partial charge is 0.332 e. The molecule has 0 bridgehead atoms.